The molecule has 1 aromatic carbocycles. The van der Waals surface area contributed by atoms with Crippen LogP contribution in [0.4, 0.5) is 5.69 Å². The molecule has 1 aromatic heterocycles. The highest BCUT2D eigenvalue weighted by atomic mass is 79.9. The van der Waals surface area contributed by atoms with Crippen LogP contribution in [0.15, 0.2) is 41.0 Å². The van der Waals surface area contributed by atoms with Crippen molar-refractivity contribution in [2.75, 3.05) is 12.4 Å². The number of carbonyl (C=O) groups is 2. The highest BCUT2D eigenvalue weighted by Crippen LogP contribution is 2.28. The molecule has 0 spiro atoms. The third kappa shape index (κ3) is 3.57. The van der Waals surface area contributed by atoms with Gasteiger partial charge in [-0.25, -0.2) is 9.78 Å². The molecule has 0 fully saturated rings. The van der Waals surface area contributed by atoms with Crippen LogP contribution in [-0.4, -0.2) is 29.1 Å². The van der Waals surface area contributed by atoms with Gasteiger partial charge in [0.15, 0.2) is 0 Å². The lowest BCUT2D eigenvalue weighted by Gasteiger charge is -2.10. The number of carboxylic acids is 1. The van der Waals surface area contributed by atoms with Crippen LogP contribution in [0.5, 0.6) is 5.75 Å². The van der Waals surface area contributed by atoms with Crippen LogP contribution in [0.25, 0.3) is 0 Å². The summed E-state index contributed by atoms with van der Waals surface area (Å²) in [6.45, 7) is 0. The van der Waals surface area contributed by atoms with E-state index in [0.29, 0.717) is 11.4 Å². The normalized spacial score (nSPS) is 10.0. The average Bonchev–Trinajstić information content (AvgIpc) is 2.47. The summed E-state index contributed by atoms with van der Waals surface area (Å²) in [5.41, 5.74) is 0.485. The van der Waals surface area contributed by atoms with Gasteiger partial charge in [-0.15, -0.1) is 0 Å². The first-order valence-electron chi connectivity index (χ1n) is 5.85. The van der Waals surface area contributed by atoms with Gasteiger partial charge in [-0.2, -0.15) is 0 Å². The maximum absolute atomic E-state index is 12.2. The minimum absolute atomic E-state index is 0.191. The molecular formula is C14H11BrN2O4. The fraction of sp³-hybridized carbons (Fsp3) is 0.0714. The Morgan fingerprint density at radius 3 is 2.71 bits per heavy atom. The third-order valence-electron chi connectivity index (χ3n) is 2.65. The minimum Gasteiger partial charge on any atom is -0.495 e. The van der Waals surface area contributed by atoms with E-state index in [9.17, 15) is 9.59 Å². The first-order chi connectivity index (χ1) is 10.0. The zero-order valence-electron chi connectivity index (χ0n) is 11.0. The molecule has 0 unspecified atom stereocenters. The van der Waals surface area contributed by atoms with Gasteiger partial charge < -0.3 is 15.2 Å². The number of pyridine rings is 1. The second kappa shape index (κ2) is 6.36. The molecule has 0 bridgehead atoms. The maximum atomic E-state index is 12.2. The van der Waals surface area contributed by atoms with E-state index >= 15 is 0 Å². The zero-order chi connectivity index (χ0) is 15.4. The van der Waals surface area contributed by atoms with Crippen LogP contribution in [0.2, 0.25) is 0 Å². The molecule has 1 heterocycles. The van der Waals surface area contributed by atoms with Gasteiger partial charge in [-0.3, -0.25) is 4.79 Å². The van der Waals surface area contributed by atoms with Gasteiger partial charge in [0.2, 0.25) is 0 Å². The molecular weight excluding hydrogens is 340 g/mol. The number of nitrogens with one attached hydrogen (secondary N) is 1. The SMILES string of the molecule is COc1ccc(Br)cc1NC(=O)c1ccnc(C(=O)O)c1. The van der Waals surface area contributed by atoms with Crippen molar-refractivity contribution >= 4 is 33.5 Å². The molecule has 0 saturated carbocycles. The highest BCUT2D eigenvalue weighted by molar-refractivity contribution is 9.10. The molecule has 2 aromatic rings. The van der Waals surface area contributed by atoms with Gasteiger partial charge in [0, 0.05) is 16.2 Å². The summed E-state index contributed by atoms with van der Waals surface area (Å²) in [6.07, 6.45) is 1.27. The quantitative estimate of drug-likeness (QED) is 0.884. The number of carbonyl (C=O) groups excluding carboxylic acids is 1. The van der Waals surface area contributed by atoms with Crippen LogP contribution >= 0.6 is 15.9 Å². The van der Waals surface area contributed by atoms with E-state index in [-0.39, 0.29) is 11.3 Å². The first kappa shape index (κ1) is 15.0. The zero-order valence-corrected chi connectivity index (χ0v) is 12.5. The number of hydrogen-bond acceptors (Lipinski definition) is 4. The van der Waals surface area contributed by atoms with Crippen LogP contribution in [0.3, 0.4) is 0 Å². The van der Waals surface area contributed by atoms with E-state index in [2.05, 4.69) is 26.2 Å². The molecule has 0 radical (unpaired) electrons. The summed E-state index contributed by atoms with van der Waals surface area (Å²) >= 11 is 3.31. The Labute approximate surface area is 128 Å². The van der Waals surface area contributed by atoms with Crippen molar-refractivity contribution in [3.05, 3.63) is 52.3 Å². The van der Waals surface area contributed by atoms with E-state index in [0.717, 1.165) is 4.47 Å². The Morgan fingerprint density at radius 1 is 1.29 bits per heavy atom. The first-order valence-corrected chi connectivity index (χ1v) is 6.65. The summed E-state index contributed by atoms with van der Waals surface area (Å²) in [5, 5.41) is 11.5. The largest absolute Gasteiger partial charge is 0.495 e. The highest BCUT2D eigenvalue weighted by Gasteiger charge is 2.13. The second-order valence-corrected chi connectivity index (χ2v) is 4.95. The van der Waals surface area contributed by atoms with Crippen LogP contribution in [0, 0.1) is 0 Å². The molecule has 2 rings (SSSR count). The monoisotopic (exact) mass is 350 g/mol. The van der Waals surface area contributed by atoms with E-state index in [4.69, 9.17) is 9.84 Å². The van der Waals surface area contributed by atoms with Gasteiger partial charge in [0.1, 0.15) is 11.4 Å². The Hall–Kier alpha value is -2.41. The number of rotatable bonds is 4. The van der Waals surface area contributed by atoms with Crippen LogP contribution < -0.4 is 10.1 Å². The number of nitrogens with zero attached hydrogens (tertiary/aromatic N) is 1. The molecule has 0 saturated heterocycles. The van der Waals surface area contributed by atoms with Crippen molar-refractivity contribution < 1.29 is 19.4 Å². The van der Waals surface area contributed by atoms with E-state index < -0.39 is 11.9 Å². The molecule has 0 aliphatic rings. The smallest absolute Gasteiger partial charge is 0.354 e. The topological polar surface area (TPSA) is 88.5 Å². The van der Waals surface area contributed by atoms with Crippen molar-refractivity contribution in [3.8, 4) is 5.75 Å². The van der Waals surface area contributed by atoms with Gasteiger partial charge in [0.05, 0.1) is 12.8 Å². The molecule has 0 aliphatic carbocycles. The number of aromatic nitrogens is 1. The number of methoxy groups -OCH3 is 1. The summed E-state index contributed by atoms with van der Waals surface area (Å²) in [6, 6.07) is 7.82. The van der Waals surface area contributed by atoms with Crippen molar-refractivity contribution in [1.29, 1.82) is 0 Å². The molecule has 108 valence electrons. The third-order valence-corrected chi connectivity index (χ3v) is 3.14. The number of halogens is 1. The van der Waals surface area contributed by atoms with Crippen molar-refractivity contribution in [2.45, 2.75) is 0 Å². The number of amides is 1. The molecule has 0 aliphatic heterocycles. The van der Waals surface area contributed by atoms with Gasteiger partial charge in [-0.1, -0.05) is 15.9 Å². The Morgan fingerprint density at radius 2 is 2.05 bits per heavy atom. The predicted molar refractivity (Wildman–Crippen MR) is 79.8 cm³/mol. The standard InChI is InChI=1S/C14H11BrN2O4/c1-21-12-3-2-9(15)7-10(12)17-13(18)8-4-5-16-11(6-8)14(19)20/h2-7H,1H3,(H,17,18)(H,19,20). The number of anilines is 1. The van der Waals surface area contributed by atoms with E-state index in [1.165, 1.54) is 25.4 Å². The Bertz CT molecular complexity index is 703. The van der Waals surface area contributed by atoms with Crippen molar-refractivity contribution in [1.82, 2.24) is 4.98 Å². The van der Waals surface area contributed by atoms with Crippen LogP contribution in [0.1, 0.15) is 20.8 Å². The van der Waals surface area contributed by atoms with Crippen molar-refractivity contribution in [2.24, 2.45) is 0 Å². The van der Waals surface area contributed by atoms with Gasteiger partial charge in [-0.05, 0) is 30.3 Å². The van der Waals surface area contributed by atoms with E-state index in [1.54, 1.807) is 18.2 Å². The fourth-order valence-electron chi connectivity index (χ4n) is 1.66. The summed E-state index contributed by atoms with van der Waals surface area (Å²) in [7, 11) is 1.49. The number of aromatic carboxylic acids is 1. The summed E-state index contributed by atoms with van der Waals surface area (Å²) < 4.78 is 5.93. The molecule has 21 heavy (non-hydrogen) atoms. The fourth-order valence-corrected chi connectivity index (χ4v) is 2.02. The molecule has 7 heteroatoms. The number of carboxylic acid groups (broad SMARTS) is 1. The number of benzene rings is 1. The number of hydrogen-bond donors (Lipinski definition) is 2. The molecule has 0 atom stereocenters. The molecule has 2 N–H and O–H groups in total. The summed E-state index contributed by atoms with van der Waals surface area (Å²) in [4.78, 5) is 26.7. The lowest BCUT2D eigenvalue weighted by Crippen LogP contribution is -2.14. The lowest BCUT2D eigenvalue weighted by atomic mass is 10.2. The molecule has 6 nitrogen and oxygen atoms in total. The molecule has 1 amide bonds. The van der Waals surface area contributed by atoms with E-state index in [1.807, 2.05) is 0 Å². The van der Waals surface area contributed by atoms with Gasteiger partial charge in [0.25, 0.3) is 5.91 Å². The Balaban J connectivity index is 2.28. The summed E-state index contributed by atoms with van der Waals surface area (Å²) in [5.74, 6) is -1.14. The minimum atomic E-state index is -1.19. The lowest BCUT2D eigenvalue weighted by molar-refractivity contribution is 0.0690. The maximum Gasteiger partial charge on any atom is 0.354 e. The average molecular weight is 351 g/mol. The Kier molecular flexibility index (Phi) is 4.54. The van der Waals surface area contributed by atoms with Crippen LogP contribution in [-0.2, 0) is 0 Å². The van der Waals surface area contributed by atoms with Crippen molar-refractivity contribution in [3.63, 3.8) is 0 Å². The number of ether oxygens (including phenoxy) is 1. The van der Waals surface area contributed by atoms with Gasteiger partial charge >= 0.3 is 5.97 Å². The second-order valence-electron chi connectivity index (χ2n) is 4.03. The predicted octanol–water partition coefficient (Wildman–Crippen LogP) is 2.80.